The van der Waals surface area contributed by atoms with Crippen molar-refractivity contribution in [2.75, 3.05) is 4.72 Å². The van der Waals surface area contributed by atoms with Crippen LogP contribution in [0.4, 0.5) is 10.1 Å². The molecule has 1 aromatic carbocycles. The molecular formula is C7H6Cl2FNS. The zero-order chi connectivity index (χ0) is 9.03. The number of hydrogen-bond donors (Lipinski definition) is 1. The smallest absolute Gasteiger partial charge is 0.323 e. The molecule has 0 heterocycles. The minimum absolute atomic E-state index is 0.601. The zero-order valence-electron chi connectivity index (χ0n) is 5.93. The molecule has 0 saturated heterocycles. The SMILES string of the molecule is FC(Cl)(Cl)SNc1ccccc1. The predicted molar refractivity (Wildman–Crippen MR) is 53.2 cm³/mol. The molecule has 0 spiro atoms. The van der Waals surface area contributed by atoms with Crippen molar-refractivity contribution in [2.24, 2.45) is 0 Å². The third kappa shape index (κ3) is 4.04. The number of anilines is 1. The van der Waals surface area contributed by atoms with E-state index in [0.29, 0.717) is 11.9 Å². The van der Waals surface area contributed by atoms with Crippen LogP contribution in [0.3, 0.4) is 0 Å². The lowest BCUT2D eigenvalue weighted by molar-refractivity contribution is 0.516. The molecule has 1 N–H and O–H groups in total. The number of para-hydroxylation sites is 1. The Hall–Kier alpha value is -0.120. The van der Waals surface area contributed by atoms with Crippen LogP contribution in [0.25, 0.3) is 0 Å². The normalized spacial score (nSPS) is 11.2. The highest BCUT2D eigenvalue weighted by Crippen LogP contribution is 2.36. The lowest BCUT2D eigenvalue weighted by atomic mass is 10.3. The van der Waals surface area contributed by atoms with Crippen molar-refractivity contribution in [1.82, 2.24) is 0 Å². The molecule has 12 heavy (non-hydrogen) atoms. The first-order chi connectivity index (χ1) is 5.58. The largest absolute Gasteiger partial charge is 0.325 e. The van der Waals surface area contributed by atoms with E-state index in [1.165, 1.54) is 0 Å². The van der Waals surface area contributed by atoms with E-state index >= 15 is 0 Å². The number of benzene rings is 1. The van der Waals surface area contributed by atoms with Gasteiger partial charge in [0.25, 0.3) is 0 Å². The van der Waals surface area contributed by atoms with Crippen LogP contribution in [0.1, 0.15) is 0 Å². The fraction of sp³-hybridized carbons (Fsp3) is 0.143. The van der Waals surface area contributed by atoms with Gasteiger partial charge in [0.15, 0.2) is 0 Å². The molecular weight excluding hydrogens is 220 g/mol. The van der Waals surface area contributed by atoms with Gasteiger partial charge in [0.2, 0.25) is 0 Å². The van der Waals surface area contributed by atoms with Crippen LogP contribution in [-0.4, -0.2) is 3.92 Å². The van der Waals surface area contributed by atoms with Gasteiger partial charge in [-0.2, -0.15) is 4.39 Å². The average molecular weight is 226 g/mol. The van der Waals surface area contributed by atoms with Gasteiger partial charge >= 0.3 is 3.92 Å². The number of alkyl halides is 3. The molecule has 0 unspecified atom stereocenters. The van der Waals surface area contributed by atoms with Gasteiger partial charge in [0.05, 0.1) is 0 Å². The second-order valence-electron chi connectivity index (χ2n) is 2.02. The molecule has 0 aliphatic rings. The Morgan fingerprint density at radius 1 is 1.25 bits per heavy atom. The molecule has 1 nitrogen and oxygen atoms in total. The van der Waals surface area contributed by atoms with Crippen LogP contribution in [-0.2, 0) is 0 Å². The number of nitrogens with one attached hydrogen (secondary N) is 1. The van der Waals surface area contributed by atoms with Gasteiger partial charge in [-0.25, -0.2) is 0 Å². The molecule has 5 heteroatoms. The van der Waals surface area contributed by atoms with Gasteiger partial charge in [-0.15, -0.1) is 0 Å². The van der Waals surface area contributed by atoms with Crippen molar-refractivity contribution in [3.63, 3.8) is 0 Å². The van der Waals surface area contributed by atoms with Gasteiger partial charge in [-0.05, 0) is 12.1 Å². The van der Waals surface area contributed by atoms with E-state index in [9.17, 15) is 4.39 Å². The monoisotopic (exact) mass is 225 g/mol. The second kappa shape index (κ2) is 4.21. The summed E-state index contributed by atoms with van der Waals surface area (Å²) in [7, 11) is 0. The first kappa shape index (κ1) is 9.96. The summed E-state index contributed by atoms with van der Waals surface area (Å²) in [5.41, 5.74) is 0.755. The highest BCUT2D eigenvalue weighted by atomic mass is 35.5. The van der Waals surface area contributed by atoms with Gasteiger partial charge in [0.1, 0.15) is 0 Å². The maximum absolute atomic E-state index is 12.5. The Bertz CT molecular complexity index is 237. The summed E-state index contributed by atoms with van der Waals surface area (Å²) >= 11 is 10.8. The van der Waals surface area contributed by atoms with Crippen molar-refractivity contribution in [3.8, 4) is 0 Å². The highest BCUT2D eigenvalue weighted by molar-refractivity contribution is 8.04. The lowest BCUT2D eigenvalue weighted by Crippen LogP contribution is -2.01. The third-order valence-corrected chi connectivity index (χ3v) is 2.09. The van der Waals surface area contributed by atoms with Crippen molar-refractivity contribution in [3.05, 3.63) is 30.3 Å². The molecule has 0 amide bonds. The van der Waals surface area contributed by atoms with Crippen LogP contribution >= 0.6 is 35.1 Å². The molecule has 1 aromatic rings. The van der Waals surface area contributed by atoms with Gasteiger partial charge < -0.3 is 4.72 Å². The maximum Gasteiger partial charge on any atom is 0.323 e. The topological polar surface area (TPSA) is 12.0 Å². The molecule has 0 bridgehead atoms. The first-order valence-corrected chi connectivity index (χ1v) is 4.71. The summed E-state index contributed by atoms with van der Waals surface area (Å²) in [6.45, 7) is 0. The third-order valence-electron chi connectivity index (χ3n) is 1.06. The molecule has 0 saturated carbocycles. The van der Waals surface area contributed by atoms with Gasteiger partial charge in [0, 0.05) is 17.6 Å². The molecule has 0 radical (unpaired) electrons. The van der Waals surface area contributed by atoms with E-state index < -0.39 is 3.92 Å². The lowest BCUT2D eigenvalue weighted by Gasteiger charge is -2.09. The van der Waals surface area contributed by atoms with E-state index in [4.69, 9.17) is 23.2 Å². The summed E-state index contributed by atoms with van der Waals surface area (Å²) in [5, 5.41) is 0. The Morgan fingerprint density at radius 3 is 2.33 bits per heavy atom. The van der Waals surface area contributed by atoms with Crippen LogP contribution in [0, 0.1) is 0 Å². The number of rotatable bonds is 3. The summed E-state index contributed by atoms with van der Waals surface area (Å²) in [6.07, 6.45) is 0. The second-order valence-corrected chi connectivity index (χ2v) is 4.67. The zero-order valence-corrected chi connectivity index (χ0v) is 8.26. The number of halogens is 3. The van der Waals surface area contributed by atoms with E-state index in [1.54, 1.807) is 12.1 Å². The first-order valence-electron chi connectivity index (χ1n) is 3.14. The molecule has 1 rings (SSSR count). The molecule has 0 fully saturated rings. The highest BCUT2D eigenvalue weighted by Gasteiger charge is 2.22. The van der Waals surface area contributed by atoms with Crippen molar-refractivity contribution < 1.29 is 4.39 Å². The Morgan fingerprint density at radius 2 is 1.83 bits per heavy atom. The molecule has 0 aliphatic carbocycles. The van der Waals surface area contributed by atoms with E-state index in [-0.39, 0.29) is 0 Å². The predicted octanol–water partition coefficient (Wildman–Crippen LogP) is 3.81. The molecule has 0 atom stereocenters. The maximum atomic E-state index is 12.5. The van der Waals surface area contributed by atoms with Crippen molar-refractivity contribution in [1.29, 1.82) is 0 Å². The summed E-state index contributed by atoms with van der Waals surface area (Å²) in [4.78, 5) is 0. The van der Waals surface area contributed by atoms with Gasteiger partial charge in [-0.1, -0.05) is 41.4 Å². The summed E-state index contributed by atoms with van der Waals surface area (Å²) in [5.74, 6) is 0. The fourth-order valence-electron chi connectivity index (χ4n) is 0.623. The van der Waals surface area contributed by atoms with Crippen LogP contribution in [0.5, 0.6) is 0 Å². The van der Waals surface area contributed by atoms with E-state index in [0.717, 1.165) is 5.69 Å². The summed E-state index contributed by atoms with van der Waals surface area (Å²) in [6, 6.07) is 9.08. The Labute approximate surface area is 84.4 Å². The Kier molecular flexibility index (Phi) is 3.50. The van der Waals surface area contributed by atoms with Gasteiger partial charge in [-0.3, -0.25) is 0 Å². The molecule has 66 valence electrons. The number of hydrogen-bond acceptors (Lipinski definition) is 2. The minimum Gasteiger partial charge on any atom is -0.325 e. The van der Waals surface area contributed by atoms with E-state index in [2.05, 4.69) is 4.72 Å². The van der Waals surface area contributed by atoms with Crippen molar-refractivity contribution in [2.45, 2.75) is 3.92 Å². The van der Waals surface area contributed by atoms with Crippen LogP contribution in [0.15, 0.2) is 30.3 Å². The average Bonchev–Trinajstić information content (AvgIpc) is 2.02. The molecule has 0 aliphatic heterocycles. The Balaban J connectivity index is 2.44. The molecule has 0 aromatic heterocycles. The van der Waals surface area contributed by atoms with Crippen molar-refractivity contribution >= 4 is 40.8 Å². The fourth-order valence-corrected chi connectivity index (χ4v) is 1.22. The minimum atomic E-state index is -2.30. The van der Waals surface area contributed by atoms with Crippen LogP contribution in [0.2, 0.25) is 0 Å². The van der Waals surface area contributed by atoms with Crippen LogP contribution < -0.4 is 4.72 Å². The summed E-state index contributed by atoms with van der Waals surface area (Å²) < 4.78 is 12.9. The van der Waals surface area contributed by atoms with E-state index in [1.807, 2.05) is 18.2 Å². The quantitative estimate of drug-likeness (QED) is 0.621. The standard InChI is InChI=1S/C7H6Cl2FNS/c8-7(9,10)12-11-6-4-2-1-3-5-6/h1-5,11H.